The summed E-state index contributed by atoms with van der Waals surface area (Å²) in [5.41, 5.74) is 1.25. The van der Waals surface area contributed by atoms with Gasteiger partial charge in [0.05, 0.1) is 16.0 Å². The minimum absolute atomic E-state index is 0.00284. The lowest BCUT2D eigenvalue weighted by Crippen LogP contribution is -2.06. The molecule has 0 fully saturated rings. The van der Waals surface area contributed by atoms with Crippen molar-refractivity contribution in [3.63, 3.8) is 0 Å². The fourth-order valence-corrected chi connectivity index (χ4v) is 4.05. The summed E-state index contributed by atoms with van der Waals surface area (Å²) in [6, 6.07) is 13.3. The topological polar surface area (TPSA) is 100 Å². The van der Waals surface area contributed by atoms with Gasteiger partial charge < -0.3 is 14.2 Å². The van der Waals surface area contributed by atoms with Crippen molar-refractivity contribution in [2.24, 2.45) is 4.99 Å². The first-order chi connectivity index (χ1) is 17.2. The lowest BCUT2D eigenvalue weighted by Gasteiger charge is -2.15. The van der Waals surface area contributed by atoms with Crippen molar-refractivity contribution in [1.29, 1.82) is 0 Å². The Labute approximate surface area is 218 Å². The van der Waals surface area contributed by atoms with Gasteiger partial charge in [-0.3, -0.25) is 10.1 Å². The number of carbonyl (C=O) groups excluding carboxylic acids is 1. The summed E-state index contributed by atoms with van der Waals surface area (Å²) in [7, 11) is 0. The molecule has 3 aromatic carbocycles. The van der Waals surface area contributed by atoms with E-state index in [0.29, 0.717) is 28.1 Å². The van der Waals surface area contributed by atoms with E-state index in [0.717, 1.165) is 5.56 Å². The van der Waals surface area contributed by atoms with Crippen LogP contribution in [0.1, 0.15) is 23.6 Å². The average molecular weight is 576 g/mol. The van der Waals surface area contributed by atoms with Crippen molar-refractivity contribution in [2.75, 3.05) is 6.61 Å². The molecule has 11 heteroatoms. The molecular weight excluding hydrogens is 559 g/mol. The number of rotatable bonds is 8. The predicted octanol–water partition coefficient (Wildman–Crippen LogP) is 6.47. The van der Waals surface area contributed by atoms with Gasteiger partial charge in [-0.05, 0) is 76.5 Å². The highest BCUT2D eigenvalue weighted by Gasteiger charge is 2.26. The van der Waals surface area contributed by atoms with Crippen LogP contribution >= 0.6 is 27.5 Å². The highest BCUT2D eigenvalue weighted by Crippen LogP contribution is 2.38. The van der Waals surface area contributed by atoms with Crippen molar-refractivity contribution in [3.8, 4) is 11.5 Å². The highest BCUT2D eigenvalue weighted by molar-refractivity contribution is 9.10. The summed E-state index contributed by atoms with van der Waals surface area (Å²) in [6.45, 7) is 2.37. The summed E-state index contributed by atoms with van der Waals surface area (Å²) in [6.07, 6.45) is 1.50. The van der Waals surface area contributed by atoms with Crippen molar-refractivity contribution in [1.82, 2.24) is 0 Å². The van der Waals surface area contributed by atoms with E-state index in [1.54, 1.807) is 24.3 Å². The molecule has 1 heterocycles. The second-order valence-electron chi connectivity index (χ2n) is 7.44. The Morgan fingerprint density at radius 3 is 2.61 bits per heavy atom. The summed E-state index contributed by atoms with van der Waals surface area (Å²) < 4.78 is 30.6. The van der Waals surface area contributed by atoms with Crippen LogP contribution in [0.5, 0.6) is 11.5 Å². The maximum absolute atomic E-state index is 13.2. The van der Waals surface area contributed by atoms with Gasteiger partial charge in [-0.15, -0.1) is 0 Å². The molecule has 0 bridgehead atoms. The molecule has 0 aliphatic carbocycles. The first-order valence-corrected chi connectivity index (χ1v) is 11.7. The van der Waals surface area contributed by atoms with Gasteiger partial charge in [0, 0.05) is 11.6 Å². The molecule has 1 aliphatic rings. The van der Waals surface area contributed by atoms with Gasteiger partial charge in [0.15, 0.2) is 17.2 Å². The number of aliphatic imine (C=N–C) groups is 1. The molecule has 0 aromatic heterocycles. The summed E-state index contributed by atoms with van der Waals surface area (Å²) in [5.74, 6) is -0.264. The highest BCUT2D eigenvalue weighted by atomic mass is 79.9. The minimum Gasteiger partial charge on any atom is -0.490 e. The van der Waals surface area contributed by atoms with Crippen LogP contribution < -0.4 is 9.47 Å². The molecule has 3 aromatic rings. The monoisotopic (exact) mass is 574 g/mol. The first-order valence-electron chi connectivity index (χ1n) is 10.6. The van der Waals surface area contributed by atoms with Crippen LogP contribution in [0.3, 0.4) is 0 Å². The largest absolute Gasteiger partial charge is 0.490 e. The van der Waals surface area contributed by atoms with Crippen molar-refractivity contribution < 1.29 is 28.3 Å². The predicted molar refractivity (Wildman–Crippen MR) is 135 cm³/mol. The van der Waals surface area contributed by atoms with Crippen LogP contribution in [0.25, 0.3) is 6.08 Å². The third-order valence-electron chi connectivity index (χ3n) is 4.94. The second-order valence-corrected chi connectivity index (χ2v) is 8.70. The van der Waals surface area contributed by atoms with Crippen LogP contribution in [0.15, 0.2) is 69.8 Å². The molecule has 36 heavy (non-hydrogen) atoms. The number of nitro benzene ring substituents is 1. The zero-order valence-corrected chi connectivity index (χ0v) is 21.0. The molecule has 0 radical (unpaired) electrons. The van der Waals surface area contributed by atoms with Crippen molar-refractivity contribution in [2.45, 2.75) is 13.5 Å². The summed E-state index contributed by atoms with van der Waals surface area (Å²) in [5, 5.41) is 11.1. The third-order valence-corrected chi connectivity index (χ3v) is 5.85. The molecule has 0 atom stereocenters. The summed E-state index contributed by atoms with van der Waals surface area (Å²) in [4.78, 5) is 27.2. The first kappa shape index (κ1) is 25.3. The lowest BCUT2D eigenvalue weighted by molar-refractivity contribution is -0.384. The number of carbonyl (C=O) groups is 1. The number of hydrogen-bond acceptors (Lipinski definition) is 7. The number of benzene rings is 3. The molecule has 8 nitrogen and oxygen atoms in total. The van der Waals surface area contributed by atoms with E-state index in [4.69, 9.17) is 25.8 Å². The molecule has 0 unspecified atom stereocenters. The number of cyclic esters (lactones) is 1. The Balaban J connectivity index is 1.62. The fourth-order valence-electron chi connectivity index (χ4n) is 3.29. The van der Waals surface area contributed by atoms with Gasteiger partial charge in [0.2, 0.25) is 5.90 Å². The van der Waals surface area contributed by atoms with Crippen molar-refractivity contribution >= 4 is 51.2 Å². The van der Waals surface area contributed by atoms with Crippen LogP contribution in [-0.2, 0) is 16.1 Å². The number of nitrogens with zero attached hydrogens (tertiary/aromatic N) is 2. The fraction of sp³-hybridized carbons (Fsp3) is 0.120. The molecule has 0 saturated heterocycles. The molecule has 0 spiro atoms. The normalized spacial score (nSPS) is 13.9. The van der Waals surface area contributed by atoms with Gasteiger partial charge in [-0.25, -0.2) is 14.2 Å². The quantitative estimate of drug-likeness (QED) is 0.132. The van der Waals surface area contributed by atoms with E-state index in [1.807, 2.05) is 6.92 Å². The molecule has 1 aliphatic heterocycles. The SMILES string of the molecule is CCOc1cc(/C=C2\N=C(c3ccc(Cl)c([N+](=O)[O-])c3)OC2=O)cc(Br)c1OCc1ccc(F)cc1. The number of esters is 1. The van der Waals surface area contributed by atoms with E-state index in [-0.39, 0.29) is 40.3 Å². The standard InChI is InChI=1S/C25H17BrClFN2O6/c1-2-34-22-11-15(9-18(26)23(22)35-13-14-3-6-17(28)7-4-14)10-20-25(31)36-24(29-20)16-5-8-19(27)21(12-16)30(32)33/h3-12H,2,13H2,1H3/b20-10-. The average Bonchev–Trinajstić information content (AvgIpc) is 3.20. The van der Waals surface area contributed by atoms with Crippen LogP contribution in [0.2, 0.25) is 5.02 Å². The van der Waals surface area contributed by atoms with Gasteiger partial charge in [0.25, 0.3) is 5.69 Å². The lowest BCUT2D eigenvalue weighted by atomic mass is 10.1. The molecule has 4 rings (SSSR count). The van der Waals surface area contributed by atoms with Crippen LogP contribution in [0, 0.1) is 15.9 Å². The zero-order chi connectivity index (χ0) is 25.8. The Morgan fingerprint density at radius 2 is 1.92 bits per heavy atom. The smallest absolute Gasteiger partial charge is 0.363 e. The van der Waals surface area contributed by atoms with E-state index < -0.39 is 10.9 Å². The Morgan fingerprint density at radius 1 is 1.17 bits per heavy atom. The molecule has 0 saturated carbocycles. The van der Waals surface area contributed by atoms with E-state index in [1.165, 1.54) is 36.4 Å². The molecule has 0 N–H and O–H groups in total. The van der Waals surface area contributed by atoms with E-state index in [2.05, 4.69) is 20.9 Å². The van der Waals surface area contributed by atoms with E-state index >= 15 is 0 Å². The Bertz CT molecular complexity index is 1410. The number of halogens is 3. The number of nitro groups is 1. The maximum atomic E-state index is 13.2. The summed E-state index contributed by atoms with van der Waals surface area (Å²) >= 11 is 9.32. The molecular formula is C25H17BrClFN2O6. The van der Waals surface area contributed by atoms with Crippen molar-refractivity contribution in [3.05, 3.63) is 102 Å². The third kappa shape index (κ3) is 5.72. The van der Waals surface area contributed by atoms with Gasteiger partial charge in [-0.2, -0.15) is 0 Å². The number of hydrogen-bond donors (Lipinski definition) is 0. The maximum Gasteiger partial charge on any atom is 0.363 e. The molecule has 0 amide bonds. The number of ether oxygens (including phenoxy) is 3. The van der Waals surface area contributed by atoms with E-state index in [9.17, 15) is 19.3 Å². The Kier molecular flexibility index (Phi) is 7.66. The van der Waals surface area contributed by atoms with Gasteiger partial charge in [-0.1, -0.05) is 23.7 Å². The minimum atomic E-state index is -0.715. The molecule has 184 valence electrons. The van der Waals surface area contributed by atoms with Crippen LogP contribution in [-0.4, -0.2) is 23.4 Å². The second kappa shape index (κ2) is 10.9. The Hall–Kier alpha value is -3.76. The van der Waals surface area contributed by atoms with Gasteiger partial charge >= 0.3 is 5.97 Å². The van der Waals surface area contributed by atoms with Crippen LogP contribution in [0.4, 0.5) is 10.1 Å². The zero-order valence-electron chi connectivity index (χ0n) is 18.7. The van der Waals surface area contributed by atoms with Gasteiger partial charge in [0.1, 0.15) is 17.4 Å².